The molecular weight excluding hydrogens is 230 g/mol. The second-order valence-corrected chi connectivity index (χ2v) is 4.36. The molecule has 0 unspecified atom stereocenters. The van der Waals surface area contributed by atoms with Crippen molar-refractivity contribution in [2.24, 2.45) is 5.14 Å². The Kier molecular flexibility index (Phi) is 4.03. The molecule has 4 N–H and O–H groups in total. The summed E-state index contributed by atoms with van der Waals surface area (Å²) in [5.41, 5.74) is 5.85. The summed E-state index contributed by atoms with van der Waals surface area (Å²) in [6, 6.07) is 7.43. The molecule has 0 aliphatic carbocycles. The predicted molar refractivity (Wildman–Crippen MR) is 58.7 cm³/mol. The van der Waals surface area contributed by atoms with Crippen LogP contribution in [0.25, 0.3) is 0 Å². The molecule has 0 bridgehead atoms. The second-order valence-electron chi connectivity index (χ2n) is 2.80. The van der Waals surface area contributed by atoms with E-state index in [1.807, 2.05) is 0 Å². The van der Waals surface area contributed by atoms with Crippen LogP contribution in [-0.4, -0.2) is 13.6 Å². The molecule has 0 fully saturated rings. The van der Waals surface area contributed by atoms with Gasteiger partial charge in [0.05, 0.1) is 11.1 Å². The highest BCUT2D eigenvalue weighted by Gasteiger charge is 2.04. The van der Waals surface area contributed by atoms with Crippen molar-refractivity contribution in [2.45, 2.75) is 4.90 Å². The van der Waals surface area contributed by atoms with Crippen LogP contribution in [-0.2, 0) is 10.0 Å². The summed E-state index contributed by atoms with van der Waals surface area (Å²) >= 11 is 0. The van der Waals surface area contributed by atoms with Gasteiger partial charge >= 0.3 is 0 Å². The molecule has 0 radical (unpaired) electrons. The number of hydrogen-bond donors (Lipinski definition) is 2. The van der Waals surface area contributed by atoms with Crippen LogP contribution in [0.5, 0.6) is 0 Å². The number of sulfonamides is 1. The molecule has 0 atom stereocenters. The van der Waals surface area contributed by atoms with Crippen molar-refractivity contribution in [3.05, 3.63) is 42.8 Å². The van der Waals surface area contributed by atoms with Gasteiger partial charge in [-0.15, -0.1) is 0 Å². The molecule has 1 aromatic heterocycles. The van der Waals surface area contributed by atoms with E-state index in [0.717, 1.165) is 0 Å². The molecule has 0 spiro atoms. The quantitative estimate of drug-likeness (QED) is 0.709. The van der Waals surface area contributed by atoms with Crippen LogP contribution in [0, 0.1) is 0 Å². The third-order valence-electron chi connectivity index (χ3n) is 1.56. The lowest BCUT2D eigenvalue weighted by molar-refractivity contribution is 0.420. The minimum Gasteiger partial charge on any atom is -0.399 e. The lowest BCUT2D eigenvalue weighted by Gasteiger charge is -1.96. The zero-order chi connectivity index (χ0) is 12.0. The molecule has 7 heteroatoms. The van der Waals surface area contributed by atoms with Crippen LogP contribution >= 0.6 is 0 Å². The van der Waals surface area contributed by atoms with Gasteiger partial charge in [-0.25, -0.2) is 13.6 Å². The fraction of sp³-hybridized carbons (Fsp3) is 0. The van der Waals surface area contributed by atoms with Crippen molar-refractivity contribution in [3.8, 4) is 0 Å². The van der Waals surface area contributed by atoms with E-state index in [2.05, 4.69) is 9.68 Å². The summed E-state index contributed by atoms with van der Waals surface area (Å²) in [6.45, 7) is 0. The molecule has 6 nitrogen and oxygen atoms in total. The number of hydrogen-bond acceptors (Lipinski definition) is 5. The Balaban J connectivity index is 0.000000212. The molecule has 0 aliphatic heterocycles. The van der Waals surface area contributed by atoms with Gasteiger partial charge in [-0.2, -0.15) is 0 Å². The van der Waals surface area contributed by atoms with E-state index >= 15 is 0 Å². The van der Waals surface area contributed by atoms with Crippen molar-refractivity contribution >= 4 is 15.7 Å². The molecule has 2 aromatic rings. The Morgan fingerprint density at radius 3 is 2.12 bits per heavy atom. The van der Waals surface area contributed by atoms with Gasteiger partial charge in [0.15, 0.2) is 0 Å². The zero-order valence-electron chi connectivity index (χ0n) is 8.28. The van der Waals surface area contributed by atoms with Crippen molar-refractivity contribution < 1.29 is 12.9 Å². The Hall–Kier alpha value is -1.86. The maximum atomic E-state index is 10.7. The SMILES string of the molecule is Nc1ccc(S(N)(=O)=O)cc1.c1cnoc1. The lowest BCUT2D eigenvalue weighted by Crippen LogP contribution is -2.11. The Morgan fingerprint density at radius 2 is 1.81 bits per heavy atom. The van der Waals surface area contributed by atoms with E-state index in [1.54, 1.807) is 12.3 Å². The molecule has 86 valence electrons. The molecule has 1 heterocycles. The first-order valence-electron chi connectivity index (χ1n) is 4.23. The van der Waals surface area contributed by atoms with Gasteiger partial charge in [-0.05, 0) is 30.3 Å². The lowest BCUT2D eigenvalue weighted by atomic mass is 10.3. The van der Waals surface area contributed by atoms with Crippen LogP contribution in [0.2, 0.25) is 0 Å². The minimum atomic E-state index is -3.58. The maximum absolute atomic E-state index is 10.7. The zero-order valence-corrected chi connectivity index (χ0v) is 9.09. The summed E-state index contributed by atoms with van der Waals surface area (Å²) in [6.07, 6.45) is 3.10. The Labute approximate surface area is 92.9 Å². The third-order valence-corrected chi connectivity index (χ3v) is 2.49. The number of primary sulfonamides is 1. The smallest absolute Gasteiger partial charge is 0.238 e. The highest BCUT2D eigenvalue weighted by molar-refractivity contribution is 7.89. The maximum Gasteiger partial charge on any atom is 0.238 e. The average Bonchev–Trinajstić information content (AvgIpc) is 2.74. The number of rotatable bonds is 1. The van der Waals surface area contributed by atoms with Crippen molar-refractivity contribution in [1.82, 2.24) is 5.16 Å². The monoisotopic (exact) mass is 241 g/mol. The molecule has 1 aromatic carbocycles. The van der Waals surface area contributed by atoms with Crippen LogP contribution in [0.15, 0.2) is 52.2 Å². The molecule has 2 rings (SSSR count). The summed E-state index contributed by atoms with van der Waals surface area (Å²) in [4.78, 5) is 0.0756. The highest BCUT2D eigenvalue weighted by Crippen LogP contribution is 2.08. The van der Waals surface area contributed by atoms with Gasteiger partial charge < -0.3 is 10.3 Å². The number of aromatic nitrogens is 1. The largest absolute Gasteiger partial charge is 0.399 e. The standard InChI is InChI=1S/C6H8N2O2S.C3H3NO/c7-5-1-3-6(4-2-5)11(8,9)10;1-2-4-5-3-1/h1-4H,7H2,(H2,8,9,10);1-3H. The van der Waals surface area contributed by atoms with E-state index in [-0.39, 0.29) is 4.90 Å². The average molecular weight is 241 g/mol. The van der Waals surface area contributed by atoms with Gasteiger partial charge in [0.1, 0.15) is 6.26 Å². The number of nitrogen functional groups attached to an aromatic ring is 1. The molecular formula is C9H11N3O3S. The first kappa shape index (κ1) is 12.2. The predicted octanol–water partition coefficient (Wildman–Crippen LogP) is 0.591. The van der Waals surface area contributed by atoms with E-state index in [9.17, 15) is 8.42 Å². The Morgan fingerprint density at radius 1 is 1.19 bits per heavy atom. The van der Waals surface area contributed by atoms with Gasteiger partial charge in [0.2, 0.25) is 10.0 Å². The fourth-order valence-electron chi connectivity index (χ4n) is 0.833. The minimum absolute atomic E-state index is 0.0756. The van der Waals surface area contributed by atoms with E-state index in [1.165, 1.54) is 30.5 Å². The highest BCUT2D eigenvalue weighted by atomic mass is 32.2. The Bertz CT molecular complexity index is 488. The normalized spacial score (nSPS) is 10.3. The fourth-order valence-corrected chi connectivity index (χ4v) is 1.35. The topological polar surface area (TPSA) is 112 Å². The van der Waals surface area contributed by atoms with Crippen LogP contribution in [0.4, 0.5) is 5.69 Å². The number of anilines is 1. The number of benzene rings is 1. The third kappa shape index (κ3) is 4.11. The van der Waals surface area contributed by atoms with Gasteiger partial charge in [0, 0.05) is 5.69 Å². The first-order chi connectivity index (χ1) is 7.50. The van der Waals surface area contributed by atoms with Gasteiger partial charge in [0.25, 0.3) is 0 Å². The summed E-state index contributed by atoms with van der Waals surface area (Å²) in [7, 11) is -3.58. The molecule has 16 heavy (non-hydrogen) atoms. The van der Waals surface area contributed by atoms with Gasteiger partial charge in [-0.1, -0.05) is 5.16 Å². The van der Waals surface area contributed by atoms with Crippen LogP contribution in [0.3, 0.4) is 0 Å². The van der Waals surface area contributed by atoms with Gasteiger partial charge in [-0.3, -0.25) is 0 Å². The number of nitrogens with two attached hydrogens (primary N) is 2. The summed E-state index contributed by atoms with van der Waals surface area (Å²) in [5, 5.41) is 8.19. The first-order valence-corrected chi connectivity index (χ1v) is 5.77. The van der Waals surface area contributed by atoms with Crippen molar-refractivity contribution in [3.63, 3.8) is 0 Å². The molecule has 0 aliphatic rings. The van der Waals surface area contributed by atoms with E-state index in [4.69, 9.17) is 10.9 Å². The van der Waals surface area contributed by atoms with E-state index in [0.29, 0.717) is 5.69 Å². The van der Waals surface area contributed by atoms with E-state index < -0.39 is 10.0 Å². The summed E-state index contributed by atoms with van der Waals surface area (Å²) in [5.74, 6) is 0. The molecule has 0 amide bonds. The summed E-state index contributed by atoms with van der Waals surface area (Å²) < 4.78 is 25.7. The second kappa shape index (κ2) is 5.29. The number of nitrogens with zero attached hydrogens (tertiary/aromatic N) is 1. The van der Waals surface area contributed by atoms with Crippen molar-refractivity contribution in [1.29, 1.82) is 0 Å². The van der Waals surface area contributed by atoms with Crippen LogP contribution < -0.4 is 10.9 Å². The van der Waals surface area contributed by atoms with Crippen molar-refractivity contribution in [2.75, 3.05) is 5.73 Å². The van der Waals surface area contributed by atoms with Crippen LogP contribution in [0.1, 0.15) is 0 Å². The molecule has 0 saturated heterocycles. The molecule has 0 saturated carbocycles.